The number of rotatable bonds is 4. The summed E-state index contributed by atoms with van der Waals surface area (Å²) in [5.41, 5.74) is 0.399. The molecule has 0 aliphatic carbocycles. The summed E-state index contributed by atoms with van der Waals surface area (Å²) in [6, 6.07) is 7.51. The molecule has 0 atom stereocenters. The molecule has 0 radical (unpaired) electrons. The van der Waals surface area contributed by atoms with Crippen molar-refractivity contribution < 1.29 is 13.7 Å². The molecule has 0 spiro atoms. The Kier molecular flexibility index (Phi) is 4.14. The summed E-state index contributed by atoms with van der Waals surface area (Å²) >= 11 is 5.52. The van der Waals surface area contributed by atoms with Gasteiger partial charge in [-0.3, -0.25) is 10.1 Å². The Labute approximate surface area is 118 Å². The van der Waals surface area contributed by atoms with Crippen molar-refractivity contribution in [3.05, 3.63) is 68.7 Å². The van der Waals surface area contributed by atoms with E-state index in [1.807, 2.05) is 0 Å². The lowest BCUT2D eigenvalue weighted by atomic mass is 10.2. The van der Waals surface area contributed by atoms with Crippen molar-refractivity contribution in [1.82, 2.24) is 0 Å². The molecule has 1 N–H and O–H groups in total. The Morgan fingerprint density at radius 2 is 1.85 bits per heavy atom. The Morgan fingerprint density at radius 3 is 2.45 bits per heavy atom. The molecule has 0 aliphatic rings. The van der Waals surface area contributed by atoms with Gasteiger partial charge < -0.3 is 5.32 Å². The molecule has 7 heteroatoms. The van der Waals surface area contributed by atoms with Gasteiger partial charge in [0, 0.05) is 18.7 Å². The third-order valence-corrected chi connectivity index (χ3v) is 2.92. The van der Waals surface area contributed by atoms with Crippen molar-refractivity contribution in [1.29, 1.82) is 0 Å². The molecular weight excluding hydrogens is 290 g/mol. The summed E-state index contributed by atoms with van der Waals surface area (Å²) in [4.78, 5) is 10.2. The summed E-state index contributed by atoms with van der Waals surface area (Å²) in [5, 5.41) is 13.3. The number of hydrogen-bond donors (Lipinski definition) is 1. The first-order valence-electron chi connectivity index (χ1n) is 5.59. The van der Waals surface area contributed by atoms with E-state index in [0.29, 0.717) is 5.56 Å². The maximum atomic E-state index is 13.4. The van der Waals surface area contributed by atoms with Crippen LogP contribution in [-0.4, -0.2) is 4.92 Å². The van der Waals surface area contributed by atoms with Crippen LogP contribution in [0.2, 0.25) is 5.02 Å². The Bertz CT molecular complexity index is 648. The molecule has 0 unspecified atom stereocenters. The number of nitrogens with zero attached hydrogens (tertiary/aromatic N) is 1. The van der Waals surface area contributed by atoms with Crippen LogP contribution in [0, 0.1) is 21.7 Å². The maximum absolute atomic E-state index is 13.4. The van der Waals surface area contributed by atoms with Gasteiger partial charge >= 0.3 is 0 Å². The fourth-order valence-electron chi connectivity index (χ4n) is 1.63. The molecule has 2 aromatic rings. The molecule has 2 rings (SSSR count). The SMILES string of the molecule is O=[N+]([O-])c1cc(Cl)c(F)cc1NCc1ccc(F)cc1. The number of nitro benzene ring substituents is 1. The molecule has 0 fully saturated rings. The van der Waals surface area contributed by atoms with Gasteiger partial charge in [-0.25, -0.2) is 8.78 Å². The highest BCUT2D eigenvalue weighted by molar-refractivity contribution is 6.31. The molecule has 0 aliphatic heterocycles. The summed E-state index contributed by atoms with van der Waals surface area (Å²) in [7, 11) is 0. The monoisotopic (exact) mass is 298 g/mol. The molecule has 0 bridgehead atoms. The third-order valence-electron chi connectivity index (χ3n) is 2.63. The second-order valence-corrected chi connectivity index (χ2v) is 4.43. The summed E-state index contributed by atoms with van der Waals surface area (Å²) < 4.78 is 26.1. The number of benzene rings is 2. The second kappa shape index (κ2) is 5.83. The molecule has 0 saturated carbocycles. The molecule has 0 amide bonds. The van der Waals surface area contributed by atoms with E-state index >= 15 is 0 Å². The molecule has 0 aromatic heterocycles. The molecule has 0 saturated heterocycles. The first-order valence-corrected chi connectivity index (χ1v) is 5.97. The lowest BCUT2D eigenvalue weighted by molar-refractivity contribution is -0.384. The zero-order chi connectivity index (χ0) is 14.7. The van der Waals surface area contributed by atoms with E-state index in [0.717, 1.165) is 12.1 Å². The van der Waals surface area contributed by atoms with Crippen molar-refractivity contribution in [2.45, 2.75) is 6.54 Å². The van der Waals surface area contributed by atoms with Crippen LogP contribution in [0.15, 0.2) is 36.4 Å². The van der Waals surface area contributed by atoms with E-state index in [1.165, 1.54) is 24.3 Å². The van der Waals surface area contributed by atoms with Crippen molar-refractivity contribution >= 4 is 23.0 Å². The topological polar surface area (TPSA) is 55.2 Å². The minimum Gasteiger partial charge on any atom is -0.375 e. The van der Waals surface area contributed by atoms with E-state index in [4.69, 9.17) is 11.6 Å². The lowest BCUT2D eigenvalue weighted by Crippen LogP contribution is -2.03. The van der Waals surface area contributed by atoms with Gasteiger partial charge in [-0.1, -0.05) is 23.7 Å². The Morgan fingerprint density at radius 1 is 1.20 bits per heavy atom. The molecular formula is C13H9ClF2N2O2. The zero-order valence-corrected chi connectivity index (χ0v) is 10.8. The van der Waals surface area contributed by atoms with Gasteiger partial charge in [-0.2, -0.15) is 0 Å². The lowest BCUT2D eigenvalue weighted by Gasteiger charge is -2.08. The molecule has 2 aromatic carbocycles. The Balaban J connectivity index is 2.22. The number of halogens is 3. The molecule has 0 heterocycles. The van der Waals surface area contributed by atoms with Crippen molar-refractivity contribution in [3.8, 4) is 0 Å². The smallest absolute Gasteiger partial charge is 0.294 e. The number of nitrogens with one attached hydrogen (secondary N) is 1. The fourth-order valence-corrected chi connectivity index (χ4v) is 1.79. The van der Waals surface area contributed by atoms with Crippen LogP contribution >= 0.6 is 11.6 Å². The minimum atomic E-state index is -0.751. The predicted octanol–water partition coefficient (Wildman–Crippen LogP) is 4.14. The van der Waals surface area contributed by atoms with E-state index < -0.39 is 10.7 Å². The second-order valence-electron chi connectivity index (χ2n) is 4.02. The summed E-state index contributed by atoms with van der Waals surface area (Å²) in [6.07, 6.45) is 0. The van der Waals surface area contributed by atoms with Gasteiger partial charge in [-0.05, 0) is 17.7 Å². The summed E-state index contributed by atoms with van der Waals surface area (Å²) in [5.74, 6) is -1.13. The highest BCUT2D eigenvalue weighted by atomic mass is 35.5. The summed E-state index contributed by atoms with van der Waals surface area (Å²) in [6.45, 7) is 0.197. The predicted molar refractivity (Wildman–Crippen MR) is 71.8 cm³/mol. The minimum absolute atomic E-state index is 0.0150. The van der Waals surface area contributed by atoms with Crippen LogP contribution in [0.3, 0.4) is 0 Å². The number of hydrogen-bond acceptors (Lipinski definition) is 3. The normalized spacial score (nSPS) is 10.3. The van der Waals surface area contributed by atoms with E-state index in [1.54, 1.807) is 0 Å². The van der Waals surface area contributed by atoms with Crippen LogP contribution in [0.25, 0.3) is 0 Å². The number of nitro groups is 1. The van der Waals surface area contributed by atoms with Crippen LogP contribution in [-0.2, 0) is 6.54 Å². The first-order chi connectivity index (χ1) is 9.47. The van der Waals surface area contributed by atoms with E-state index in [-0.39, 0.29) is 28.8 Å². The molecule has 20 heavy (non-hydrogen) atoms. The van der Waals surface area contributed by atoms with Gasteiger partial charge in [0.1, 0.15) is 17.3 Å². The fraction of sp³-hybridized carbons (Fsp3) is 0.0769. The zero-order valence-electron chi connectivity index (χ0n) is 10.1. The van der Waals surface area contributed by atoms with Gasteiger partial charge in [0.15, 0.2) is 0 Å². The van der Waals surface area contributed by atoms with Gasteiger partial charge in [-0.15, -0.1) is 0 Å². The standard InChI is InChI=1S/C13H9ClF2N2O2/c14-10-5-13(18(19)20)12(6-11(10)16)17-7-8-1-3-9(15)4-2-8/h1-6,17H,7H2. The van der Waals surface area contributed by atoms with Crippen LogP contribution < -0.4 is 5.32 Å². The van der Waals surface area contributed by atoms with Gasteiger partial charge in [0.25, 0.3) is 5.69 Å². The first kappa shape index (κ1) is 14.2. The molecule has 4 nitrogen and oxygen atoms in total. The van der Waals surface area contributed by atoms with Crippen molar-refractivity contribution in [2.24, 2.45) is 0 Å². The average Bonchev–Trinajstić information content (AvgIpc) is 2.41. The third kappa shape index (κ3) is 3.21. The average molecular weight is 299 g/mol. The van der Waals surface area contributed by atoms with Crippen molar-refractivity contribution in [2.75, 3.05) is 5.32 Å². The highest BCUT2D eigenvalue weighted by Crippen LogP contribution is 2.30. The maximum Gasteiger partial charge on any atom is 0.294 e. The van der Waals surface area contributed by atoms with E-state index in [2.05, 4.69) is 5.32 Å². The van der Waals surface area contributed by atoms with Crippen LogP contribution in [0.4, 0.5) is 20.2 Å². The largest absolute Gasteiger partial charge is 0.375 e. The van der Waals surface area contributed by atoms with Crippen LogP contribution in [0.1, 0.15) is 5.56 Å². The molecule has 104 valence electrons. The van der Waals surface area contributed by atoms with Gasteiger partial charge in [0.2, 0.25) is 0 Å². The number of anilines is 1. The van der Waals surface area contributed by atoms with Gasteiger partial charge in [0.05, 0.1) is 9.95 Å². The van der Waals surface area contributed by atoms with Crippen LogP contribution in [0.5, 0.6) is 0 Å². The quantitative estimate of drug-likeness (QED) is 0.682. The van der Waals surface area contributed by atoms with Crippen molar-refractivity contribution in [3.63, 3.8) is 0 Å². The highest BCUT2D eigenvalue weighted by Gasteiger charge is 2.17. The Hall–Kier alpha value is -2.21. The van der Waals surface area contributed by atoms with E-state index in [9.17, 15) is 18.9 Å².